The second-order valence-corrected chi connectivity index (χ2v) is 6.60. The van der Waals surface area contributed by atoms with Gasteiger partial charge in [0, 0.05) is 13.4 Å². The number of hydrogen-bond donors (Lipinski definition) is 1. The van der Waals surface area contributed by atoms with E-state index in [0.717, 1.165) is 9.79 Å². The monoisotopic (exact) mass is 428 g/mol. The summed E-state index contributed by atoms with van der Waals surface area (Å²) in [6, 6.07) is 12.3. The van der Waals surface area contributed by atoms with Crippen molar-refractivity contribution in [2.24, 2.45) is 0 Å². The highest BCUT2D eigenvalue weighted by molar-refractivity contribution is 14.1. The van der Waals surface area contributed by atoms with Gasteiger partial charge in [-0.25, -0.2) is 9.59 Å². The molecule has 2 aromatic carbocycles. The molecule has 0 atom stereocenters. The van der Waals surface area contributed by atoms with Gasteiger partial charge in [-0.15, -0.1) is 0 Å². The minimum atomic E-state index is -0.931. The van der Waals surface area contributed by atoms with Crippen molar-refractivity contribution < 1.29 is 19.4 Å². The normalized spacial score (nSPS) is 10.3. The van der Waals surface area contributed by atoms with Gasteiger partial charge in [0.2, 0.25) is 0 Å². The summed E-state index contributed by atoms with van der Waals surface area (Å²) in [5.41, 5.74) is 0.810. The first-order chi connectivity index (χ1) is 10.5. The Bertz CT molecular complexity index is 698. The summed E-state index contributed by atoms with van der Waals surface area (Å²) in [6.45, 7) is 2.12. The largest absolute Gasteiger partial charge is 0.478 e. The molecule has 0 unspecified atom stereocenters. The molecule has 4 nitrogen and oxygen atoms in total. The van der Waals surface area contributed by atoms with Crippen molar-refractivity contribution in [3.05, 3.63) is 57.2 Å². The van der Waals surface area contributed by atoms with E-state index in [4.69, 9.17) is 9.84 Å². The third-order valence-electron chi connectivity index (χ3n) is 2.77. The van der Waals surface area contributed by atoms with Gasteiger partial charge in [-0.2, -0.15) is 0 Å². The van der Waals surface area contributed by atoms with Crippen molar-refractivity contribution in [3.63, 3.8) is 0 Å². The molecule has 0 bridgehead atoms. The summed E-state index contributed by atoms with van der Waals surface area (Å²) < 4.78 is 5.63. The van der Waals surface area contributed by atoms with Crippen molar-refractivity contribution >= 4 is 46.3 Å². The topological polar surface area (TPSA) is 63.6 Å². The predicted octanol–water partition coefficient (Wildman–Crippen LogP) is 4.32. The number of rotatable bonds is 5. The van der Waals surface area contributed by atoms with Crippen molar-refractivity contribution in [2.75, 3.05) is 6.61 Å². The van der Waals surface area contributed by atoms with Crippen molar-refractivity contribution in [1.29, 1.82) is 0 Å². The fourth-order valence-electron chi connectivity index (χ4n) is 1.74. The molecule has 0 saturated carbocycles. The molecule has 1 N–H and O–H groups in total. The van der Waals surface area contributed by atoms with E-state index < -0.39 is 5.97 Å². The highest BCUT2D eigenvalue weighted by atomic mass is 127. The number of halogens is 1. The molecule has 2 rings (SSSR count). The van der Waals surface area contributed by atoms with E-state index in [1.54, 1.807) is 31.2 Å². The van der Waals surface area contributed by atoms with Crippen LogP contribution in [0.25, 0.3) is 0 Å². The molecule has 0 aliphatic carbocycles. The second-order valence-electron chi connectivity index (χ2n) is 4.29. The Kier molecular flexibility index (Phi) is 5.84. The molecule has 0 saturated heterocycles. The van der Waals surface area contributed by atoms with Crippen LogP contribution in [0.4, 0.5) is 0 Å². The molecule has 0 fully saturated rings. The number of esters is 1. The second kappa shape index (κ2) is 7.64. The summed E-state index contributed by atoms with van der Waals surface area (Å²) in [5.74, 6) is -1.26. The summed E-state index contributed by atoms with van der Waals surface area (Å²) in [4.78, 5) is 24.5. The Morgan fingerprint density at radius 3 is 2.32 bits per heavy atom. The lowest BCUT2D eigenvalue weighted by Gasteiger charge is -2.06. The molecule has 0 spiro atoms. The van der Waals surface area contributed by atoms with E-state index in [0.29, 0.717) is 21.3 Å². The zero-order chi connectivity index (χ0) is 16.1. The molecule has 114 valence electrons. The molecular weight excluding hydrogens is 415 g/mol. The number of ether oxygens (including phenoxy) is 1. The first kappa shape index (κ1) is 16.8. The van der Waals surface area contributed by atoms with Crippen LogP contribution in [0, 0.1) is 3.57 Å². The fraction of sp³-hybridized carbons (Fsp3) is 0.125. The Hall–Kier alpha value is -1.54. The highest BCUT2D eigenvalue weighted by Crippen LogP contribution is 2.30. The average Bonchev–Trinajstić information content (AvgIpc) is 2.48. The van der Waals surface area contributed by atoms with Gasteiger partial charge in [0.1, 0.15) is 0 Å². The van der Waals surface area contributed by atoms with Crippen LogP contribution in [0.3, 0.4) is 0 Å². The average molecular weight is 428 g/mol. The lowest BCUT2D eigenvalue weighted by Crippen LogP contribution is -2.03. The quantitative estimate of drug-likeness (QED) is 0.568. The van der Waals surface area contributed by atoms with E-state index in [9.17, 15) is 9.59 Å². The SMILES string of the molecule is CCOC(=O)c1ccc(Sc2ccc(C(=O)O)c(I)c2)cc1. The number of carboxylic acids is 1. The van der Waals surface area contributed by atoms with Crippen molar-refractivity contribution in [1.82, 2.24) is 0 Å². The third kappa shape index (κ3) is 4.23. The molecule has 0 amide bonds. The van der Waals surface area contributed by atoms with Crippen LogP contribution >= 0.6 is 34.4 Å². The van der Waals surface area contributed by atoms with E-state index in [-0.39, 0.29) is 5.97 Å². The van der Waals surface area contributed by atoms with Gasteiger partial charge in [0.05, 0.1) is 17.7 Å². The van der Waals surface area contributed by atoms with E-state index >= 15 is 0 Å². The summed E-state index contributed by atoms with van der Waals surface area (Å²) in [5, 5.41) is 9.02. The summed E-state index contributed by atoms with van der Waals surface area (Å²) in [7, 11) is 0. The standard InChI is InChI=1S/C16H13IO4S/c1-2-21-16(20)10-3-5-11(6-4-10)22-12-7-8-13(15(18)19)14(17)9-12/h3-9H,2H2,1H3,(H,18,19). The van der Waals surface area contributed by atoms with Crippen LogP contribution in [-0.4, -0.2) is 23.7 Å². The Morgan fingerprint density at radius 2 is 1.77 bits per heavy atom. The number of benzene rings is 2. The number of carbonyl (C=O) groups excluding carboxylic acids is 1. The summed E-state index contributed by atoms with van der Waals surface area (Å²) >= 11 is 3.52. The van der Waals surface area contributed by atoms with E-state index in [1.807, 2.05) is 40.8 Å². The van der Waals surface area contributed by atoms with Crippen LogP contribution in [-0.2, 0) is 4.74 Å². The van der Waals surface area contributed by atoms with Crippen molar-refractivity contribution in [2.45, 2.75) is 16.7 Å². The molecular formula is C16H13IO4S. The van der Waals surface area contributed by atoms with E-state index in [2.05, 4.69) is 0 Å². The molecule has 0 heterocycles. The van der Waals surface area contributed by atoms with Gasteiger partial charge >= 0.3 is 11.9 Å². The van der Waals surface area contributed by atoms with Crippen molar-refractivity contribution in [3.8, 4) is 0 Å². The zero-order valence-corrected chi connectivity index (χ0v) is 14.7. The molecule has 0 radical (unpaired) electrons. The highest BCUT2D eigenvalue weighted by Gasteiger charge is 2.10. The van der Waals surface area contributed by atoms with Crippen LogP contribution in [0.1, 0.15) is 27.6 Å². The first-order valence-electron chi connectivity index (χ1n) is 6.49. The molecule has 0 aliphatic rings. The van der Waals surface area contributed by atoms with Gasteiger partial charge in [-0.3, -0.25) is 0 Å². The zero-order valence-electron chi connectivity index (χ0n) is 11.7. The molecule has 6 heteroatoms. The first-order valence-corrected chi connectivity index (χ1v) is 8.38. The van der Waals surface area contributed by atoms with Crippen LogP contribution < -0.4 is 0 Å². The molecule has 2 aromatic rings. The minimum absolute atomic E-state index is 0.294. The van der Waals surface area contributed by atoms with Crippen LogP contribution in [0.2, 0.25) is 0 Å². The number of hydrogen-bond acceptors (Lipinski definition) is 4. The Morgan fingerprint density at radius 1 is 1.14 bits per heavy atom. The number of carboxylic acid groups (broad SMARTS) is 1. The Labute approximate surface area is 146 Å². The maximum absolute atomic E-state index is 11.6. The van der Waals surface area contributed by atoms with Gasteiger partial charge in [0.25, 0.3) is 0 Å². The minimum Gasteiger partial charge on any atom is -0.478 e. The molecule has 0 aliphatic heterocycles. The van der Waals surface area contributed by atoms with Gasteiger partial charge in [0.15, 0.2) is 0 Å². The summed E-state index contributed by atoms with van der Waals surface area (Å²) in [6.07, 6.45) is 0. The van der Waals surface area contributed by atoms with Crippen LogP contribution in [0.15, 0.2) is 52.3 Å². The molecule has 22 heavy (non-hydrogen) atoms. The smallest absolute Gasteiger partial charge is 0.338 e. The third-order valence-corrected chi connectivity index (χ3v) is 4.66. The predicted molar refractivity (Wildman–Crippen MR) is 92.6 cm³/mol. The van der Waals surface area contributed by atoms with Gasteiger partial charge < -0.3 is 9.84 Å². The van der Waals surface area contributed by atoms with E-state index in [1.165, 1.54) is 11.8 Å². The van der Waals surface area contributed by atoms with Crippen LogP contribution in [0.5, 0.6) is 0 Å². The van der Waals surface area contributed by atoms with Gasteiger partial charge in [-0.05, 0) is 72.0 Å². The number of aromatic carboxylic acids is 1. The lowest BCUT2D eigenvalue weighted by atomic mass is 10.2. The number of carbonyl (C=O) groups is 2. The van der Waals surface area contributed by atoms with Gasteiger partial charge in [-0.1, -0.05) is 11.8 Å². The molecule has 0 aromatic heterocycles. The lowest BCUT2D eigenvalue weighted by molar-refractivity contribution is 0.0525. The Balaban J connectivity index is 2.12. The maximum atomic E-state index is 11.6. The maximum Gasteiger partial charge on any atom is 0.338 e. The fourth-order valence-corrected chi connectivity index (χ4v) is 3.56.